The first kappa shape index (κ1) is 17.9. The Morgan fingerprint density at radius 1 is 1.12 bits per heavy atom. The van der Waals surface area contributed by atoms with E-state index in [0.29, 0.717) is 12.1 Å². The summed E-state index contributed by atoms with van der Waals surface area (Å²) in [6.07, 6.45) is 2.57. The fourth-order valence-electron chi connectivity index (χ4n) is 2.75. The van der Waals surface area contributed by atoms with Gasteiger partial charge in [-0.1, -0.05) is 32.9 Å². The standard InChI is InChI=1S/C20H24N4O2/c1-20(2,3)19-23-22-17-10-7-15(13-24(17)19)18(25)21-12-11-14-5-8-16(26-4)9-6-14/h5-10,13H,11-12H2,1-4H3,(H,21,25). The third-order valence-corrected chi connectivity index (χ3v) is 4.19. The minimum atomic E-state index is -0.150. The molecule has 136 valence electrons. The number of rotatable bonds is 5. The fourth-order valence-corrected chi connectivity index (χ4v) is 2.75. The van der Waals surface area contributed by atoms with E-state index in [-0.39, 0.29) is 11.3 Å². The molecule has 2 heterocycles. The number of ether oxygens (including phenoxy) is 1. The minimum Gasteiger partial charge on any atom is -0.497 e. The molecule has 1 aromatic carbocycles. The van der Waals surface area contributed by atoms with E-state index in [1.807, 2.05) is 34.7 Å². The number of carbonyl (C=O) groups excluding carboxylic acids is 1. The Morgan fingerprint density at radius 2 is 1.85 bits per heavy atom. The van der Waals surface area contributed by atoms with Gasteiger partial charge in [0.1, 0.15) is 11.6 Å². The summed E-state index contributed by atoms with van der Waals surface area (Å²) in [7, 11) is 1.65. The van der Waals surface area contributed by atoms with Crippen LogP contribution in [-0.2, 0) is 11.8 Å². The van der Waals surface area contributed by atoms with Gasteiger partial charge in [0.05, 0.1) is 12.7 Å². The van der Waals surface area contributed by atoms with Crippen LogP contribution >= 0.6 is 0 Å². The van der Waals surface area contributed by atoms with Gasteiger partial charge in [-0.3, -0.25) is 9.20 Å². The van der Waals surface area contributed by atoms with Crippen LogP contribution in [0.25, 0.3) is 5.65 Å². The second-order valence-electron chi connectivity index (χ2n) is 7.27. The van der Waals surface area contributed by atoms with Crippen molar-refractivity contribution in [1.29, 1.82) is 0 Å². The monoisotopic (exact) mass is 352 g/mol. The van der Waals surface area contributed by atoms with Gasteiger partial charge in [-0.2, -0.15) is 0 Å². The van der Waals surface area contributed by atoms with E-state index < -0.39 is 0 Å². The van der Waals surface area contributed by atoms with Crippen LogP contribution in [0, 0.1) is 0 Å². The molecule has 0 aliphatic carbocycles. The van der Waals surface area contributed by atoms with Crippen LogP contribution < -0.4 is 10.1 Å². The van der Waals surface area contributed by atoms with Gasteiger partial charge in [0.25, 0.3) is 5.91 Å². The average Bonchev–Trinajstić information content (AvgIpc) is 3.05. The van der Waals surface area contributed by atoms with E-state index in [2.05, 4.69) is 36.3 Å². The third-order valence-electron chi connectivity index (χ3n) is 4.19. The Balaban J connectivity index is 1.67. The molecule has 0 bridgehead atoms. The van der Waals surface area contributed by atoms with Crippen molar-refractivity contribution in [3.63, 3.8) is 0 Å². The van der Waals surface area contributed by atoms with Crippen LogP contribution in [-0.4, -0.2) is 34.2 Å². The fraction of sp³-hybridized carbons (Fsp3) is 0.350. The van der Waals surface area contributed by atoms with Crippen LogP contribution in [0.3, 0.4) is 0 Å². The summed E-state index contributed by atoms with van der Waals surface area (Å²) in [5.74, 6) is 1.56. The first-order valence-corrected chi connectivity index (χ1v) is 8.65. The normalized spacial score (nSPS) is 11.5. The number of methoxy groups -OCH3 is 1. The number of amides is 1. The molecule has 6 nitrogen and oxygen atoms in total. The molecule has 26 heavy (non-hydrogen) atoms. The number of hydrogen-bond acceptors (Lipinski definition) is 4. The lowest BCUT2D eigenvalue weighted by atomic mass is 9.96. The van der Waals surface area contributed by atoms with E-state index in [1.54, 1.807) is 19.4 Å². The molecule has 0 aliphatic heterocycles. The molecule has 0 aliphatic rings. The van der Waals surface area contributed by atoms with Crippen molar-refractivity contribution in [2.75, 3.05) is 13.7 Å². The quantitative estimate of drug-likeness (QED) is 0.766. The Kier molecular flexibility index (Phi) is 4.93. The van der Waals surface area contributed by atoms with Gasteiger partial charge in [0.2, 0.25) is 0 Å². The van der Waals surface area contributed by atoms with Gasteiger partial charge in [-0.05, 0) is 36.2 Å². The second-order valence-corrected chi connectivity index (χ2v) is 7.27. The summed E-state index contributed by atoms with van der Waals surface area (Å²) in [5.41, 5.74) is 2.33. The van der Waals surface area contributed by atoms with Crippen molar-refractivity contribution in [1.82, 2.24) is 19.9 Å². The number of carbonyl (C=O) groups is 1. The number of hydrogen-bond donors (Lipinski definition) is 1. The van der Waals surface area contributed by atoms with Crippen molar-refractivity contribution in [3.05, 3.63) is 59.5 Å². The maximum absolute atomic E-state index is 12.5. The molecule has 2 aromatic heterocycles. The number of benzene rings is 1. The molecule has 1 N–H and O–H groups in total. The van der Waals surface area contributed by atoms with Gasteiger partial charge in [0.15, 0.2) is 5.65 Å². The zero-order chi connectivity index (χ0) is 18.7. The van der Waals surface area contributed by atoms with E-state index in [0.717, 1.165) is 29.2 Å². The highest BCUT2D eigenvalue weighted by atomic mass is 16.5. The Bertz CT molecular complexity index is 908. The lowest BCUT2D eigenvalue weighted by Gasteiger charge is -2.16. The van der Waals surface area contributed by atoms with Crippen molar-refractivity contribution < 1.29 is 9.53 Å². The molecule has 6 heteroatoms. The maximum Gasteiger partial charge on any atom is 0.252 e. The zero-order valence-corrected chi connectivity index (χ0v) is 15.6. The number of fused-ring (bicyclic) bond motifs is 1. The van der Waals surface area contributed by atoms with Gasteiger partial charge in [-0.25, -0.2) is 0 Å². The summed E-state index contributed by atoms with van der Waals surface area (Å²) < 4.78 is 7.04. The van der Waals surface area contributed by atoms with Crippen LogP contribution in [0.15, 0.2) is 42.6 Å². The Morgan fingerprint density at radius 3 is 2.50 bits per heavy atom. The van der Waals surface area contributed by atoms with E-state index >= 15 is 0 Å². The molecule has 0 fully saturated rings. The molecule has 0 atom stereocenters. The smallest absolute Gasteiger partial charge is 0.252 e. The highest BCUT2D eigenvalue weighted by Crippen LogP contribution is 2.21. The predicted molar refractivity (Wildman–Crippen MR) is 101 cm³/mol. The summed E-state index contributed by atoms with van der Waals surface area (Å²) in [6.45, 7) is 6.79. The number of pyridine rings is 1. The molecule has 0 radical (unpaired) electrons. The van der Waals surface area contributed by atoms with Gasteiger partial charge < -0.3 is 10.1 Å². The van der Waals surface area contributed by atoms with Crippen molar-refractivity contribution >= 4 is 11.6 Å². The topological polar surface area (TPSA) is 68.5 Å². The largest absolute Gasteiger partial charge is 0.497 e. The van der Waals surface area contributed by atoms with E-state index in [1.165, 1.54) is 0 Å². The lowest BCUT2D eigenvalue weighted by Crippen LogP contribution is -2.26. The molecule has 0 unspecified atom stereocenters. The van der Waals surface area contributed by atoms with Gasteiger partial charge in [-0.15, -0.1) is 10.2 Å². The highest BCUT2D eigenvalue weighted by molar-refractivity contribution is 5.94. The molecular formula is C20H24N4O2. The minimum absolute atomic E-state index is 0.103. The third kappa shape index (κ3) is 3.85. The molecule has 3 aromatic rings. The predicted octanol–water partition coefficient (Wildman–Crippen LogP) is 3.01. The maximum atomic E-state index is 12.5. The van der Waals surface area contributed by atoms with Crippen molar-refractivity contribution in [3.8, 4) is 5.75 Å². The molecule has 0 saturated heterocycles. The number of nitrogens with zero attached hydrogens (tertiary/aromatic N) is 3. The summed E-state index contributed by atoms with van der Waals surface area (Å²) in [4.78, 5) is 12.5. The molecule has 1 amide bonds. The average molecular weight is 352 g/mol. The summed E-state index contributed by atoms with van der Waals surface area (Å²) in [5, 5.41) is 11.4. The second kappa shape index (κ2) is 7.15. The first-order chi connectivity index (χ1) is 12.4. The molecule has 0 spiro atoms. The van der Waals surface area contributed by atoms with Crippen LogP contribution in [0.2, 0.25) is 0 Å². The highest BCUT2D eigenvalue weighted by Gasteiger charge is 2.21. The Hall–Kier alpha value is -2.89. The Labute approximate surface area is 153 Å². The van der Waals surface area contributed by atoms with Gasteiger partial charge in [0, 0.05) is 18.2 Å². The van der Waals surface area contributed by atoms with Crippen molar-refractivity contribution in [2.45, 2.75) is 32.6 Å². The zero-order valence-electron chi connectivity index (χ0n) is 15.6. The molecule has 0 saturated carbocycles. The number of nitrogens with one attached hydrogen (secondary N) is 1. The van der Waals surface area contributed by atoms with E-state index in [4.69, 9.17) is 4.74 Å². The van der Waals surface area contributed by atoms with Crippen LogP contribution in [0.5, 0.6) is 5.75 Å². The summed E-state index contributed by atoms with van der Waals surface area (Å²) >= 11 is 0. The lowest BCUT2D eigenvalue weighted by molar-refractivity contribution is 0.0953. The van der Waals surface area contributed by atoms with Gasteiger partial charge >= 0.3 is 0 Å². The van der Waals surface area contributed by atoms with Crippen LogP contribution in [0.1, 0.15) is 42.5 Å². The molecule has 3 rings (SSSR count). The van der Waals surface area contributed by atoms with Crippen LogP contribution in [0.4, 0.5) is 0 Å². The first-order valence-electron chi connectivity index (χ1n) is 8.65. The number of aromatic nitrogens is 3. The summed E-state index contributed by atoms with van der Waals surface area (Å²) in [6, 6.07) is 11.4. The van der Waals surface area contributed by atoms with Crippen molar-refractivity contribution in [2.24, 2.45) is 0 Å². The molecular weight excluding hydrogens is 328 g/mol. The SMILES string of the molecule is COc1ccc(CCNC(=O)c2ccc3nnc(C(C)(C)C)n3c2)cc1. The van der Waals surface area contributed by atoms with E-state index in [9.17, 15) is 4.79 Å².